The first-order valence-corrected chi connectivity index (χ1v) is 18.7. The molecule has 3 unspecified atom stereocenters. The number of ketones is 1. The van der Waals surface area contributed by atoms with Crippen molar-refractivity contribution in [1.29, 1.82) is 0 Å². The Morgan fingerprint density at radius 2 is 1.06 bits per heavy atom. The number of aliphatic hydroxyl groups is 2. The normalized spacial score (nSPS) is 26.0. The van der Waals surface area contributed by atoms with Gasteiger partial charge in [-0.05, 0) is 30.3 Å². The fourth-order valence-corrected chi connectivity index (χ4v) is 8.00. The molecule has 2 fully saturated rings. The maximum atomic E-state index is 14.6. The summed E-state index contributed by atoms with van der Waals surface area (Å²) in [6, 6.07) is 2.28. The van der Waals surface area contributed by atoms with E-state index in [0.717, 1.165) is 0 Å². The number of carbonyl (C=O) groups excluding carboxylic acids is 6. The summed E-state index contributed by atoms with van der Waals surface area (Å²) in [5, 5.41) is 149. The number of Topliss-reactive ketones (excluding diaryl/α,β-unsaturated/α-hetero) is 1. The number of esters is 5. The number of carbonyl (C=O) groups is 6. The van der Waals surface area contributed by atoms with Gasteiger partial charge in [0.2, 0.25) is 29.6 Å². The van der Waals surface area contributed by atoms with Gasteiger partial charge in [0.25, 0.3) is 0 Å². The molecule has 3 heterocycles. The summed E-state index contributed by atoms with van der Waals surface area (Å²) in [7, 11) is 0. The highest BCUT2D eigenvalue weighted by Gasteiger charge is 2.63. The highest BCUT2D eigenvalue weighted by atomic mass is 16.7. The largest absolute Gasteiger partial charge is 0.504 e. The van der Waals surface area contributed by atoms with Crippen molar-refractivity contribution in [3.8, 4) is 80.1 Å². The number of hydrogen-bond donors (Lipinski definition) is 14. The molecule has 4 aromatic rings. The number of benzene rings is 4. The zero-order chi connectivity index (χ0) is 48.2. The van der Waals surface area contributed by atoms with E-state index in [1.54, 1.807) is 0 Å². The highest BCUT2D eigenvalue weighted by Crippen LogP contribution is 2.54. The van der Waals surface area contributed by atoms with Crippen LogP contribution in [0.15, 0.2) is 30.3 Å². The quantitative estimate of drug-likeness (QED) is 0.0678. The van der Waals surface area contributed by atoms with Crippen molar-refractivity contribution in [2.24, 2.45) is 0 Å². The lowest BCUT2D eigenvalue weighted by atomic mass is 9.81. The van der Waals surface area contributed by atoms with Gasteiger partial charge in [-0.3, -0.25) is 4.79 Å². The topological polar surface area (TPSA) is 441 Å². The summed E-state index contributed by atoms with van der Waals surface area (Å²) in [4.78, 5) is 84.5. The Hall–Kier alpha value is -8.62. The molecule has 4 bridgehead atoms. The molecule has 0 radical (unpaired) electrons. The summed E-state index contributed by atoms with van der Waals surface area (Å²) in [5.41, 5.74) is -10.9. The third-order valence-corrected chi connectivity index (χ3v) is 11.2. The lowest BCUT2D eigenvalue weighted by Crippen LogP contribution is -2.64. The van der Waals surface area contributed by atoms with Crippen molar-refractivity contribution in [3.05, 3.63) is 58.1 Å². The standard InChI is InChI=1S/C40H30O26/c41-12-1-8(2-13(42)23(12)47)34(55)66-38-33-32-31(65-39(59)40(60)6-17(46)24(48)22(40)21-11(37(58)64-33)5-16(45)27(51)30(21)54)18(62-38)7-61-35(56)9-3-14(43)25(49)28(52)19(9)20-10(36(57)63-32)4-15(44)26(50)29(20)53/h1-5,17-18,22,31-33,38,41-47,49-54,60H,6-7H2/t17?,18-,22?,31-,32+,33-,38+,40?/m1/s1. The van der Waals surface area contributed by atoms with E-state index in [4.69, 9.17) is 28.4 Å². The van der Waals surface area contributed by atoms with Crippen LogP contribution in [0.1, 0.15) is 59.3 Å². The van der Waals surface area contributed by atoms with Crippen LogP contribution in [0.2, 0.25) is 0 Å². The van der Waals surface area contributed by atoms with Crippen LogP contribution in [-0.2, 0) is 38.0 Å². The molecule has 66 heavy (non-hydrogen) atoms. The van der Waals surface area contributed by atoms with Gasteiger partial charge in [-0.25, -0.2) is 24.0 Å². The summed E-state index contributed by atoms with van der Waals surface area (Å²) >= 11 is 0. The molecule has 4 aromatic carbocycles. The van der Waals surface area contributed by atoms with Crippen LogP contribution in [0, 0.1) is 0 Å². The van der Waals surface area contributed by atoms with Gasteiger partial charge in [0.05, 0.1) is 28.2 Å². The Morgan fingerprint density at radius 3 is 1.64 bits per heavy atom. The monoisotopic (exact) mass is 926 g/mol. The average Bonchev–Trinajstić information content (AvgIpc) is 3.49. The van der Waals surface area contributed by atoms with Crippen molar-refractivity contribution in [2.75, 3.05) is 6.61 Å². The van der Waals surface area contributed by atoms with E-state index in [0.29, 0.717) is 30.3 Å². The van der Waals surface area contributed by atoms with Gasteiger partial charge in [0, 0.05) is 23.1 Å². The summed E-state index contributed by atoms with van der Waals surface area (Å²) < 4.78 is 33.5. The van der Waals surface area contributed by atoms with E-state index in [1.165, 1.54) is 0 Å². The molecule has 8 atom stereocenters. The summed E-state index contributed by atoms with van der Waals surface area (Å²) in [5.74, 6) is -28.9. The minimum absolute atomic E-state index is 0.359. The number of phenols is 12. The predicted molar refractivity (Wildman–Crippen MR) is 201 cm³/mol. The Kier molecular flexibility index (Phi) is 10.2. The predicted octanol–water partition coefficient (Wildman–Crippen LogP) is -0.602. The molecule has 1 saturated heterocycles. The van der Waals surface area contributed by atoms with Gasteiger partial charge in [-0.1, -0.05) is 0 Å². The molecule has 0 spiro atoms. The Labute approximate surface area is 363 Å². The first-order valence-electron chi connectivity index (χ1n) is 18.7. The van der Waals surface area contributed by atoms with Gasteiger partial charge in [-0.2, -0.15) is 0 Å². The molecule has 14 N–H and O–H groups in total. The number of ether oxygens (including phenoxy) is 6. The van der Waals surface area contributed by atoms with Gasteiger partial charge < -0.3 is 99.9 Å². The van der Waals surface area contributed by atoms with Gasteiger partial charge in [0.15, 0.2) is 75.3 Å². The minimum Gasteiger partial charge on any atom is -0.504 e. The summed E-state index contributed by atoms with van der Waals surface area (Å²) in [6.07, 6.45) is -16.0. The number of aliphatic hydroxyl groups excluding tert-OH is 1. The van der Waals surface area contributed by atoms with E-state index in [9.17, 15) is 100 Å². The third kappa shape index (κ3) is 6.61. The smallest absolute Gasteiger partial charge is 0.340 e. The second-order valence-electron chi connectivity index (χ2n) is 15.1. The van der Waals surface area contributed by atoms with Crippen LogP contribution < -0.4 is 0 Å². The molecule has 1 aliphatic carbocycles. The Balaban J connectivity index is 1.39. The van der Waals surface area contributed by atoms with E-state index < -0.39 is 205 Å². The van der Waals surface area contributed by atoms with Crippen LogP contribution in [0.4, 0.5) is 0 Å². The summed E-state index contributed by atoms with van der Waals surface area (Å²) in [6.45, 7) is -1.31. The molecular formula is C40H30O26. The van der Waals surface area contributed by atoms with E-state index in [-0.39, 0.29) is 0 Å². The highest BCUT2D eigenvalue weighted by molar-refractivity contribution is 6.09. The van der Waals surface area contributed by atoms with Crippen molar-refractivity contribution < 1.29 is 129 Å². The maximum absolute atomic E-state index is 14.6. The molecule has 346 valence electrons. The number of aromatic hydroxyl groups is 12. The minimum atomic E-state index is -3.38. The van der Waals surface area contributed by atoms with E-state index >= 15 is 0 Å². The van der Waals surface area contributed by atoms with E-state index in [2.05, 4.69) is 0 Å². The lowest BCUT2D eigenvalue weighted by Gasteiger charge is -2.44. The number of hydrogen-bond acceptors (Lipinski definition) is 26. The second kappa shape index (κ2) is 15.3. The van der Waals surface area contributed by atoms with Crippen LogP contribution in [0.25, 0.3) is 11.1 Å². The molecule has 3 aliphatic heterocycles. The molecule has 0 aromatic heterocycles. The van der Waals surface area contributed by atoms with Crippen molar-refractivity contribution in [2.45, 2.75) is 54.7 Å². The zero-order valence-corrected chi connectivity index (χ0v) is 32.5. The molecule has 0 amide bonds. The molecule has 1 saturated carbocycles. The molecule has 8 rings (SSSR count). The SMILES string of the molecule is O=C(O[C@@H]1O[C@@H]2COC(=O)c3cc(O)c(O)c(O)c3-c3c(cc(O)c(O)c3O)C(=O)O[C@@H]3[C@H]1OC(=O)c1cc(O)c(O)c(O)c1C1C(=O)C(O)CC1(O)C(=O)O[C@@H]32)c1cc(O)c(O)c(O)c1. The Morgan fingerprint density at radius 1 is 0.576 bits per heavy atom. The van der Waals surface area contributed by atoms with E-state index in [1.807, 2.05) is 0 Å². The number of fused-ring (bicyclic) bond motifs is 6. The Bertz CT molecular complexity index is 2830. The molecule has 26 heteroatoms. The van der Waals surface area contributed by atoms with Crippen molar-refractivity contribution >= 4 is 35.6 Å². The zero-order valence-electron chi connectivity index (χ0n) is 32.5. The van der Waals surface area contributed by atoms with Crippen LogP contribution in [0.5, 0.6) is 69.0 Å². The van der Waals surface area contributed by atoms with Crippen LogP contribution >= 0.6 is 0 Å². The number of phenolic OH excluding ortho intramolecular Hbond substituents is 12. The van der Waals surface area contributed by atoms with Gasteiger partial charge in [0.1, 0.15) is 18.8 Å². The average molecular weight is 927 g/mol. The maximum Gasteiger partial charge on any atom is 0.340 e. The first kappa shape index (κ1) is 44.0. The molecule has 26 nitrogen and oxygen atoms in total. The first-order chi connectivity index (χ1) is 31.0. The number of cyclic esters (lactones) is 1. The number of rotatable bonds is 2. The van der Waals surface area contributed by atoms with Crippen molar-refractivity contribution in [3.63, 3.8) is 0 Å². The van der Waals surface area contributed by atoms with Crippen LogP contribution in [0.3, 0.4) is 0 Å². The second-order valence-corrected chi connectivity index (χ2v) is 15.1. The fourth-order valence-electron chi connectivity index (χ4n) is 8.00. The van der Waals surface area contributed by atoms with Gasteiger partial charge in [-0.15, -0.1) is 0 Å². The third-order valence-electron chi connectivity index (χ3n) is 11.2. The van der Waals surface area contributed by atoms with Crippen LogP contribution in [-0.4, -0.2) is 156 Å². The van der Waals surface area contributed by atoms with Crippen molar-refractivity contribution in [1.82, 2.24) is 0 Å². The lowest BCUT2D eigenvalue weighted by molar-refractivity contribution is -0.289. The van der Waals surface area contributed by atoms with Gasteiger partial charge >= 0.3 is 29.8 Å². The molecule has 4 aliphatic rings. The molecular weight excluding hydrogens is 896 g/mol. The fraction of sp³-hybridized carbons (Fsp3) is 0.250.